The number of likely N-dealkylation sites (tertiary alicyclic amines) is 1. The number of hydrogen-bond acceptors (Lipinski definition) is 4. The Morgan fingerprint density at radius 2 is 2.47 bits per heavy atom. The molecule has 1 atom stereocenters. The molecule has 1 amide bonds. The summed E-state index contributed by atoms with van der Waals surface area (Å²) in [5, 5.41) is 6.67. The van der Waals surface area contributed by atoms with Gasteiger partial charge in [-0.25, -0.2) is 0 Å². The van der Waals surface area contributed by atoms with Crippen LogP contribution in [0.15, 0.2) is 11.4 Å². The van der Waals surface area contributed by atoms with Gasteiger partial charge in [-0.15, -0.1) is 11.3 Å². The lowest BCUT2D eigenvalue weighted by Gasteiger charge is -2.32. The lowest BCUT2D eigenvalue weighted by molar-refractivity contribution is -0.135. The van der Waals surface area contributed by atoms with E-state index in [1.54, 1.807) is 16.2 Å². The lowest BCUT2D eigenvalue weighted by Crippen LogP contribution is -2.42. The van der Waals surface area contributed by atoms with E-state index in [2.05, 4.69) is 23.0 Å². The molecule has 0 saturated carbocycles. The Morgan fingerprint density at radius 3 is 3.37 bits per heavy atom. The molecule has 1 N–H and O–H groups in total. The maximum atomic E-state index is 11.0. The minimum absolute atomic E-state index is 0.0493. The normalized spacial score (nSPS) is 22.4. The van der Waals surface area contributed by atoms with Crippen LogP contribution in [0.4, 0.5) is 0 Å². The average Bonchev–Trinajstić information content (AvgIpc) is 2.94. The maximum absolute atomic E-state index is 11.0. The van der Waals surface area contributed by atoms with Gasteiger partial charge in [0, 0.05) is 19.3 Å². The number of amides is 1. The molecule has 0 aromatic carbocycles. The van der Waals surface area contributed by atoms with E-state index in [4.69, 9.17) is 4.74 Å². The van der Waals surface area contributed by atoms with E-state index in [1.807, 2.05) is 0 Å². The Labute approximate surface area is 116 Å². The number of rotatable bonds is 4. The molecule has 102 valence electrons. The predicted octanol–water partition coefficient (Wildman–Crippen LogP) is 0.225. The number of piperidine rings is 1. The van der Waals surface area contributed by atoms with Crippen molar-refractivity contribution in [1.29, 1.82) is 0 Å². The highest BCUT2D eigenvalue weighted by Gasteiger charge is 2.21. The lowest BCUT2D eigenvalue weighted by atomic mass is 10.1. The fourth-order valence-electron chi connectivity index (χ4n) is 2.64. The summed E-state index contributed by atoms with van der Waals surface area (Å²) in [5.41, 5.74) is 1.27. The van der Waals surface area contributed by atoms with Crippen molar-refractivity contribution in [2.45, 2.75) is 25.5 Å². The van der Waals surface area contributed by atoms with E-state index >= 15 is 0 Å². The Kier molecular flexibility index (Phi) is 3.84. The van der Waals surface area contributed by atoms with Crippen LogP contribution >= 0.6 is 11.3 Å². The minimum Gasteiger partial charge on any atom is -0.386 e. The number of nitrogens with zero attached hydrogens (tertiary/aromatic N) is 1. The first-order valence-corrected chi connectivity index (χ1v) is 7.58. The molecule has 0 spiro atoms. The summed E-state index contributed by atoms with van der Waals surface area (Å²) in [4.78, 5) is 12.8. The van der Waals surface area contributed by atoms with Gasteiger partial charge < -0.3 is 15.0 Å². The van der Waals surface area contributed by atoms with E-state index < -0.39 is 0 Å². The first-order chi connectivity index (χ1) is 9.38. The molecule has 2 aliphatic rings. The molecule has 5 heteroatoms. The third kappa shape index (κ3) is 2.67. The predicted molar refractivity (Wildman–Crippen MR) is 75.8 cm³/mol. The third-order valence-corrected chi connectivity index (χ3v) is 4.56. The van der Waals surface area contributed by atoms with Crippen LogP contribution < -0.4 is 15.1 Å². The molecule has 1 fully saturated rings. The highest BCUT2D eigenvalue weighted by Crippen LogP contribution is 2.17. The van der Waals surface area contributed by atoms with Gasteiger partial charge in [0.15, 0.2) is 0 Å². The van der Waals surface area contributed by atoms with Crippen molar-refractivity contribution in [3.05, 3.63) is 21.2 Å². The van der Waals surface area contributed by atoms with E-state index in [0.29, 0.717) is 6.61 Å². The van der Waals surface area contributed by atoms with Crippen LogP contribution in [0.25, 0.3) is 11.8 Å². The SMILES string of the molecule is O=CN1CCCCC1OCC1=c2ccsc2=CNC1. The van der Waals surface area contributed by atoms with Crippen molar-refractivity contribution in [1.82, 2.24) is 10.2 Å². The van der Waals surface area contributed by atoms with Crippen LogP contribution in [-0.4, -0.2) is 37.2 Å². The van der Waals surface area contributed by atoms with Crippen LogP contribution in [-0.2, 0) is 9.53 Å². The van der Waals surface area contributed by atoms with Gasteiger partial charge in [0.1, 0.15) is 6.23 Å². The zero-order valence-corrected chi connectivity index (χ0v) is 11.6. The number of fused-ring (bicyclic) bond motifs is 1. The van der Waals surface area contributed by atoms with Gasteiger partial charge in [-0.05, 0) is 41.5 Å². The first kappa shape index (κ1) is 12.7. The second kappa shape index (κ2) is 5.75. The number of carbonyl (C=O) groups excluding carboxylic acids is 1. The summed E-state index contributed by atoms with van der Waals surface area (Å²) in [6.07, 6.45) is 6.09. The largest absolute Gasteiger partial charge is 0.386 e. The Bertz CT molecular complexity index is 566. The average molecular weight is 278 g/mol. The van der Waals surface area contributed by atoms with Gasteiger partial charge in [0.25, 0.3) is 0 Å². The number of thiophene rings is 1. The van der Waals surface area contributed by atoms with Crippen molar-refractivity contribution in [2.24, 2.45) is 0 Å². The molecule has 1 aromatic heterocycles. The zero-order valence-electron chi connectivity index (χ0n) is 10.8. The van der Waals surface area contributed by atoms with Crippen LogP contribution in [0, 0.1) is 0 Å². The standard InChI is InChI=1S/C14H18N2O2S/c17-10-16-5-2-1-3-14(16)18-9-11-7-15-8-13-12(11)4-6-19-13/h4,6,8,10,14-15H,1-3,5,7,9H2. The number of carbonyl (C=O) groups is 1. The molecular weight excluding hydrogens is 260 g/mol. The number of hydrogen-bond donors (Lipinski definition) is 1. The van der Waals surface area contributed by atoms with E-state index in [0.717, 1.165) is 38.8 Å². The van der Waals surface area contributed by atoms with Crippen molar-refractivity contribution in [3.8, 4) is 0 Å². The van der Waals surface area contributed by atoms with Gasteiger partial charge in [0.2, 0.25) is 6.41 Å². The molecule has 3 rings (SSSR count). The summed E-state index contributed by atoms with van der Waals surface area (Å²) < 4.78 is 7.23. The van der Waals surface area contributed by atoms with Gasteiger partial charge >= 0.3 is 0 Å². The van der Waals surface area contributed by atoms with E-state index in [9.17, 15) is 4.79 Å². The Hall–Kier alpha value is -1.33. The van der Waals surface area contributed by atoms with E-state index in [1.165, 1.54) is 15.3 Å². The van der Waals surface area contributed by atoms with Crippen molar-refractivity contribution < 1.29 is 9.53 Å². The fourth-order valence-corrected chi connectivity index (χ4v) is 3.48. The maximum Gasteiger partial charge on any atom is 0.211 e. The zero-order chi connectivity index (χ0) is 13.1. The second-order valence-electron chi connectivity index (χ2n) is 4.93. The summed E-state index contributed by atoms with van der Waals surface area (Å²) >= 11 is 1.73. The first-order valence-electron chi connectivity index (χ1n) is 6.70. The second-order valence-corrected chi connectivity index (χ2v) is 5.88. The van der Waals surface area contributed by atoms with Crippen LogP contribution in [0.5, 0.6) is 0 Å². The van der Waals surface area contributed by atoms with Gasteiger partial charge in [-0.1, -0.05) is 0 Å². The molecule has 0 radical (unpaired) electrons. The molecule has 1 unspecified atom stereocenters. The minimum atomic E-state index is -0.0493. The topological polar surface area (TPSA) is 41.6 Å². The summed E-state index contributed by atoms with van der Waals surface area (Å²) in [6, 6.07) is 2.15. The Balaban J connectivity index is 1.71. The number of ether oxygens (including phenoxy) is 1. The summed E-state index contributed by atoms with van der Waals surface area (Å²) in [7, 11) is 0. The van der Waals surface area contributed by atoms with Crippen LogP contribution in [0.3, 0.4) is 0 Å². The van der Waals surface area contributed by atoms with Crippen LogP contribution in [0.1, 0.15) is 19.3 Å². The molecule has 2 aliphatic heterocycles. The van der Waals surface area contributed by atoms with Crippen molar-refractivity contribution in [2.75, 3.05) is 19.7 Å². The van der Waals surface area contributed by atoms with Gasteiger partial charge in [-0.2, -0.15) is 0 Å². The van der Waals surface area contributed by atoms with Gasteiger partial charge in [-0.3, -0.25) is 4.79 Å². The fraction of sp³-hybridized carbons (Fsp3) is 0.500. The number of nitrogens with one attached hydrogen (secondary N) is 1. The Morgan fingerprint density at radius 1 is 1.53 bits per heavy atom. The molecule has 19 heavy (non-hydrogen) atoms. The quantitative estimate of drug-likeness (QED) is 0.802. The molecule has 3 heterocycles. The highest BCUT2D eigenvalue weighted by atomic mass is 32.1. The van der Waals surface area contributed by atoms with Crippen molar-refractivity contribution >= 4 is 29.5 Å². The molecule has 0 aliphatic carbocycles. The monoisotopic (exact) mass is 278 g/mol. The molecule has 1 aromatic rings. The molecule has 0 bridgehead atoms. The summed E-state index contributed by atoms with van der Waals surface area (Å²) in [5.74, 6) is 0. The molecule has 1 saturated heterocycles. The highest BCUT2D eigenvalue weighted by molar-refractivity contribution is 7.07. The molecule has 4 nitrogen and oxygen atoms in total. The van der Waals surface area contributed by atoms with Crippen LogP contribution in [0.2, 0.25) is 0 Å². The smallest absolute Gasteiger partial charge is 0.211 e. The van der Waals surface area contributed by atoms with Crippen molar-refractivity contribution in [3.63, 3.8) is 0 Å². The third-order valence-electron chi connectivity index (χ3n) is 3.70. The summed E-state index contributed by atoms with van der Waals surface area (Å²) in [6.45, 7) is 2.25. The molecular formula is C14H18N2O2S. The van der Waals surface area contributed by atoms with E-state index in [-0.39, 0.29) is 6.23 Å². The van der Waals surface area contributed by atoms with Gasteiger partial charge in [0.05, 0.1) is 11.1 Å².